The molecule has 154 valence electrons. The molecule has 1 atom stereocenters. The third-order valence-electron chi connectivity index (χ3n) is 4.41. The lowest BCUT2D eigenvalue weighted by molar-refractivity contribution is -0.154. The summed E-state index contributed by atoms with van der Waals surface area (Å²) in [5.74, 6) is -1.55. The number of rotatable bonds is 6. The molecule has 0 fully saturated rings. The van der Waals surface area contributed by atoms with Crippen LogP contribution in [0.25, 0.3) is 10.8 Å². The Bertz CT molecular complexity index is 1240. The van der Waals surface area contributed by atoms with Gasteiger partial charge in [0.25, 0.3) is 17.0 Å². The number of aromatic nitrogens is 2. The molecule has 3 rings (SSSR count). The molecule has 0 saturated carbocycles. The average Bonchev–Trinajstić information content (AvgIpc) is 2.72. The minimum atomic E-state index is -1.15. The third-order valence-corrected chi connectivity index (χ3v) is 4.41. The van der Waals surface area contributed by atoms with Gasteiger partial charge in [-0.05, 0) is 50.2 Å². The van der Waals surface area contributed by atoms with E-state index in [0.717, 1.165) is 4.68 Å². The number of nitrogens with one attached hydrogen (secondary N) is 2. The van der Waals surface area contributed by atoms with Crippen LogP contribution in [0.2, 0.25) is 0 Å². The quantitative estimate of drug-likeness (QED) is 0.469. The number of anilines is 1. The van der Waals surface area contributed by atoms with E-state index in [1.807, 2.05) is 0 Å². The van der Waals surface area contributed by atoms with E-state index in [1.54, 1.807) is 36.4 Å². The van der Waals surface area contributed by atoms with Crippen molar-refractivity contribution in [2.75, 3.05) is 5.32 Å². The minimum absolute atomic E-state index is 0.0999. The van der Waals surface area contributed by atoms with Gasteiger partial charge in [-0.2, -0.15) is 0 Å². The summed E-state index contributed by atoms with van der Waals surface area (Å²) in [5.41, 5.74) is -0.132. The van der Waals surface area contributed by atoms with Gasteiger partial charge in [-0.3, -0.25) is 29.1 Å². The number of carbonyl (C=O) groups excluding carboxylic acids is 3. The van der Waals surface area contributed by atoms with Crippen LogP contribution in [0.4, 0.5) is 5.69 Å². The van der Waals surface area contributed by atoms with Crippen LogP contribution < -0.4 is 16.4 Å². The number of esters is 1. The summed E-state index contributed by atoms with van der Waals surface area (Å²) in [6.07, 6.45) is -1.15. The number of aromatic amines is 1. The summed E-state index contributed by atoms with van der Waals surface area (Å²) in [4.78, 5) is 60.2. The van der Waals surface area contributed by atoms with Crippen LogP contribution in [0.15, 0.2) is 58.1 Å². The number of hydrogen-bond donors (Lipinski definition) is 2. The molecular formula is C21H19N3O6. The van der Waals surface area contributed by atoms with Crippen LogP contribution in [0.1, 0.15) is 24.2 Å². The van der Waals surface area contributed by atoms with Gasteiger partial charge in [-0.15, -0.1) is 0 Å². The summed E-state index contributed by atoms with van der Waals surface area (Å²) in [5, 5.41) is 5.29. The second kappa shape index (κ2) is 8.56. The summed E-state index contributed by atoms with van der Waals surface area (Å²) in [6, 6.07) is 12.5. The zero-order valence-electron chi connectivity index (χ0n) is 16.3. The number of H-pyrrole nitrogens is 1. The number of carbonyl (C=O) groups is 3. The Hall–Kier alpha value is -4.01. The van der Waals surface area contributed by atoms with Gasteiger partial charge in [-0.25, -0.2) is 4.68 Å². The molecule has 0 aliphatic rings. The van der Waals surface area contributed by atoms with E-state index in [2.05, 4.69) is 10.4 Å². The van der Waals surface area contributed by atoms with E-state index in [9.17, 15) is 24.0 Å². The van der Waals surface area contributed by atoms with Crippen LogP contribution in [0.3, 0.4) is 0 Å². The van der Waals surface area contributed by atoms with Crippen molar-refractivity contribution in [1.29, 1.82) is 0 Å². The summed E-state index contributed by atoms with van der Waals surface area (Å²) >= 11 is 0. The Morgan fingerprint density at radius 2 is 1.67 bits per heavy atom. The first kappa shape index (κ1) is 20.7. The molecule has 3 aromatic rings. The number of fused-ring (bicyclic) bond motifs is 1. The normalized spacial score (nSPS) is 11.7. The van der Waals surface area contributed by atoms with Crippen LogP contribution in [-0.2, 0) is 20.9 Å². The lowest BCUT2D eigenvalue weighted by Crippen LogP contribution is -2.35. The van der Waals surface area contributed by atoms with E-state index in [1.165, 1.54) is 26.0 Å². The highest BCUT2D eigenvalue weighted by Gasteiger charge is 2.19. The maximum absolute atomic E-state index is 12.4. The lowest BCUT2D eigenvalue weighted by atomic mass is 10.1. The van der Waals surface area contributed by atoms with Crippen LogP contribution >= 0.6 is 0 Å². The predicted molar refractivity (Wildman–Crippen MR) is 109 cm³/mol. The van der Waals surface area contributed by atoms with E-state index >= 15 is 0 Å². The Balaban J connectivity index is 1.66. The number of nitrogens with zero attached hydrogens (tertiary/aromatic N) is 1. The zero-order valence-corrected chi connectivity index (χ0v) is 16.3. The number of amides is 1. The zero-order chi connectivity index (χ0) is 21.8. The molecule has 0 bridgehead atoms. The van der Waals surface area contributed by atoms with Crippen molar-refractivity contribution < 1.29 is 19.1 Å². The molecule has 0 spiro atoms. The fourth-order valence-corrected chi connectivity index (χ4v) is 2.81. The fraction of sp³-hybridized carbons (Fsp3) is 0.190. The Labute approximate surface area is 170 Å². The molecular weight excluding hydrogens is 390 g/mol. The second-order valence-corrected chi connectivity index (χ2v) is 6.63. The standard InChI is InChI=1S/C21H19N3O6/c1-12(25)14-7-9-15(10-8-14)22-19(27)13(2)30-18(26)11-24-21(29)17-6-4-3-5-16(17)20(28)23-24/h3-10,13H,11H2,1-2H3,(H,22,27)(H,23,28)/t13-/m1/s1. The largest absolute Gasteiger partial charge is 0.451 e. The van der Waals surface area contributed by atoms with Crippen molar-refractivity contribution in [1.82, 2.24) is 9.78 Å². The first-order valence-electron chi connectivity index (χ1n) is 9.09. The molecule has 1 amide bonds. The molecule has 9 nitrogen and oxygen atoms in total. The number of benzene rings is 2. The minimum Gasteiger partial charge on any atom is -0.451 e. The van der Waals surface area contributed by atoms with Crippen LogP contribution in [0.5, 0.6) is 0 Å². The average molecular weight is 409 g/mol. The predicted octanol–water partition coefficient (Wildman–Crippen LogP) is 1.46. The smallest absolute Gasteiger partial charge is 0.328 e. The van der Waals surface area contributed by atoms with Crippen LogP contribution in [0, 0.1) is 0 Å². The van der Waals surface area contributed by atoms with Crippen molar-refractivity contribution in [3.63, 3.8) is 0 Å². The van der Waals surface area contributed by atoms with Crippen molar-refractivity contribution in [2.24, 2.45) is 0 Å². The molecule has 1 heterocycles. The third kappa shape index (κ3) is 4.52. The molecule has 2 N–H and O–H groups in total. The molecule has 0 radical (unpaired) electrons. The first-order chi connectivity index (χ1) is 14.3. The maximum atomic E-state index is 12.4. The molecule has 30 heavy (non-hydrogen) atoms. The van der Waals surface area contributed by atoms with E-state index < -0.39 is 35.6 Å². The van der Waals surface area contributed by atoms with Crippen molar-refractivity contribution >= 4 is 34.1 Å². The van der Waals surface area contributed by atoms with Crippen LogP contribution in [-0.4, -0.2) is 33.5 Å². The topological polar surface area (TPSA) is 127 Å². The van der Waals surface area contributed by atoms with E-state index in [0.29, 0.717) is 11.3 Å². The van der Waals surface area contributed by atoms with Gasteiger partial charge in [0.2, 0.25) is 0 Å². The van der Waals surface area contributed by atoms with Gasteiger partial charge >= 0.3 is 5.97 Å². The van der Waals surface area contributed by atoms with Gasteiger partial charge < -0.3 is 10.1 Å². The number of Topliss-reactive ketones (excluding diaryl/α,β-unsaturated/α-hetero) is 1. The highest BCUT2D eigenvalue weighted by Crippen LogP contribution is 2.11. The molecule has 0 aliphatic heterocycles. The Morgan fingerprint density at radius 3 is 2.30 bits per heavy atom. The fourth-order valence-electron chi connectivity index (χ4n) is 2.81. The number of hydrogen-bond acceptors (Lipinski definition) is 6. The molecule has 1 aromatic heterocycles. The Kier molecular flexibility index (Phi) is 5.91. The van der Waals surface area contributed by atoms with Crippen molar-refractivity contribution in [3.05, 3.63) is 74.8 Å². The molecule has 0 aliphatic carbocycles. The number of ether oxygens (including phenoxy) is 1. The highest BCUT2D eigenvalue weighted by molar-refractivity contribution is 5.97. The number of ketones is 1. The molecule has 0 unspecified atom stereocenters. The van der Waals surface area contributed by atoms with Crippen molar-refractivity contribution in [2.45, 2.75) is 26.5 Å². The maximum Gasteiger partial charge on any atom is 0.328 e. The van der Waals surface area contributed by atoms with Gasteiger partial charge in [-0.1, -0.05) is 12.1 Å². The molecule has 0 saturated heterocycles. The second-order valence-electron chi connectivity index (χ2n) is 6.63. The lowest BCUT2D eigenvalue weighted by Gasteiger charge is -2.14. The SMILES string of the molecule is CC(=O)c1ccc(NC(=O)[C@@H](C)OC(=O)Cn2[nH]c(=O)c3ccccc3c2=O)cc1. The van der Waals surface area contributed by atoms with Gasteiger partial charge in [0.05, 0.1) is 10.8 Å². The summed E-state index contributed by atoms with van der Waals surface area (Å²) in [7, 11) is 0. The summed E-state index contributed by atoms with van der Waals surface area (Å²) in [6.45, 7) is 2.26. The summed E-state index contributed by atoms with van der Waals surface area (Å²) < 4.78 is 5.92. The van der Waals surface area contributed by atoms with Gasteiger partial charge in [0, 0.05) is 11.3 Å². The first-order valence-corrected chi connectivity index (χ1v) is 9.09. The van der Waals surface area contributed by atoms with E-state index in [-0.39, 0.29) is 16.6 Å². The van der Waals surface area contributed by atoms with Gasteiger partial charge in [0.1, 0.15) is 6.54 Å². The van der Waals surface area contributed by atoms with Gasteiger partial charge in [0.15, 0.2) is 11.9 Å². The monoisotopic (exact) mass is 409 g/mol. The van der Waals surface area contributed by atoms with E-state index in [4.69, 9.17) is 4.74 Å². The Morgan fingerprint density at radius 1 is 1.03 bits per heavy atom. The highest BCUT2D eigenvalue weighted by atomic mass is 16.5. The van der Waals surface area contributed by atoms with Crippen molar-refractivity contribution in [3.8, 4) is 0 Å². The molecule has 2 aromatic carbocycles. The molecule has 9 heteroatoms.